The fourth-order valence-electron chi connectivity index (χ4n) is 3.02. The SMILES string of the molecule is [O-][Cl+3]([O-])([O-])O.c1ccc2c(c1)[nH]c1c3[n+](ccc12)CCCC3. The number of H-pyrrole nitrogens is 1. The van der Waals surface area contributed by atoms with Gasteiger partial charge in [-0.25, -0.2) is 4.57 Å². The maximum Gasteiger partial charge on any atom is 0.205 e. The van der Waals surface area contributed by atoms with Gasteiger partial charge in [0.1, 0.15) is 12.1 Å². The molecule has 7 heteroatoms. The van der Waals surface area contributed by atoms with Crippen LogP contribution >= 0.6 is 0 Å². The Bertz CT molecular complexity index is 804. The number of fused-ring (bicyclic) bond motifs is 5. The van der Waals surface area contributed by atoms with Crippen LogP contribution in [0, 0.1) is 10.2 Å². The number of rotatable bonds is 0. The quantitative estimate of drug-likeness (QED) is 0.507. The van der Waals surface area contributed by atoms with E-state index < -0.39 is 10.2 Å². The van der Waals surface area contributed by atoms with Crippen molar-refractivity contribution >= 4 is 21.8 Å². The first-order valence-electron chi connectivity index (χ1n) is 6.98. The standard InChI is InChI=1S/C15H14N2.ClHO4/c1-2-6-13-11(5-1)12-8-10-17-9-4-3-7-14(17)15(12)16-13;2-1(3,4)5/h1-2,5-6,8,10H,3-4,7,9H2;(H,2,3,4,5)/p+1. The van der Waals surface area contributed by atoms with Crippen LogP contribution in [0.25, 0.3) is 21.8 Å². The smallest absolute Gasteiger partial charge is 0.205 e. The number of hydrogen-bond donors (Lipinski definition) is 2. The summed E-state index contributed by atoms with van der Waals surface area (Å²) >= 11 is 0. The van der Waals surface area contributed by atoms with E-state index in [1.165, 1.54) is 53.3 Å². The first-order chi connectivity index (χ1) is 10.4. The van der Waals surface area contributed by atoms with E-state index in [-0.39, 0.29) is 0 Å². The van der Waals surface area contributed by atoms with Crippen LogP contribution < -0.4 is 18.5 Å². The molecule has 3 heterocycles. The van der Waals surface area contributed by atoms with Crippen molar-refractivity contribution in [3.8, 4) is 0 Å². The van der Waals surface area contributed by atoms with Crippen molar-refractivity contribution in [1.29, 1.82) is 0 Å². The third-order valence-electron chi connectivity index (χ3n) is 3.87. The first-order valence-corrected chi connectivity index (χ1v) is 8.25. The third kappa shape index (κ3) is 3.21. The van der Waals surface area contributed by atoms with Crippen molar-refractivity contribution in [3.63, 3.8) is 0 Å². The third-order valence-corrected chi connectivity index (χ3v) is 3.87. The second-order valence-corrected chi connectivity index (χ2v) is 6.06. The zero-order valence-corrected chi connectivity index (χ0v) is 12.5. The van der Waals surface area contributed by atoms with E-state index in [2.05, 4.69) is 46.1 Å². The number of hydrogen-bond acceptors (Lipinski definition) is 4. The Morgan fingerprint density at radius 1 is 1.05 bits per heavy atom. The lowest BCUT2D eigenvalue weighted by Crippen LogP contribution is -2.58. The van der Waals surface area contributed by atoms with Crippen molar-refractivity contribution in [1.82, 2.24) is 4.98 Å². The van der Waals surface area contributed by atoms with Gasteiger partial charge in [-0.3, -0.25) is 0 Å². The average molecular weight is 324 g/mol. The topological polar surface area (TPSA) is 109 Å². The minimum absolute atomic E-state index is 1.17. The summed E-state index contributed by atoms with van der Waals surface area (Å²) in [6, 6.07) is 10.8. The van der Waals surface area contributed by atoms with E-state index in [0.717, 1.165) is 0 Å². The van der Waals surface area contributed by atoms with Crippen molar-refractivity contribution in [2.45, 2.75) is 25.8 Å². The Morgan fingerprint density at radius 2 is 1.77 bits per heavy atom. The van der Waals surface area contributed by atoms with E-state index in [1.807, 2.05) is 0 Å². The second kappa shape index (κ2) is 5.83. The van der Waals surface area contributed by atoms with E-state index in [9.17, 15) is 0 Å². The molecule has 0 unspecified atom stereocenters. The molecule has 4 rings (SSSR count). The molecule has 0 spiro atoms. The lowest BCUT2D eigenvalue weighted by Gasteiger charge is -2.09. The maximum atomic E-state index is 8.60. The summed E-state index contributed by atoms with van der Waals surface area (Å²) in [5.74, 6) is 0. The average Bonchev–Trinajstić information content (AvgIpc) is 2.84. The van der Waals surface area contributed by atoms with Gasteiger partial charge >= 0.3 is 0 Å². The summed E-state index contributed by atoms with van der Waals surface area (Å²) in [5, 5.41) is 2.71. The van der Waals surface area contributed by atoms with E-state index in [4.69, 9.17) is 18.6 Å². The van der Waals surface area contributed by atoms with Gasteiger partial charge in [-0.15, -0.1) is 0 Å². The van der Waals surface area contributed by atoms with Gasteiger partial charge in [0.15, 0.2) is 6.20 Å². The summed E-state index contributed by atoms with van der Waals surface area (Å²) in [6.07, 6.45) is 6.07. The molecular formula is C15H16ClN2O4+. The molecule has 0 fully saturated rings. The highest BCUT2D eigenvalue weighted by molar-refractivity contribution is 6.07. The number of halogens is 1. The second-order valence-electron chi connectivity index (χ2n) is 5.27. The van der Waals surface area contributed by atoms with Gasteiger partial charge in [0.2, 0.25) is 5.69 Å². The molecule has 2 aromatic heterocycles. The van der Waals surface area contributed by atoms with Gasteiger partial charge in [0.05, 0.1) is 14.9 Å². The molecule has 0 aliphatic carbocycles. The zero-order valence-electron chi connectivity index (χ0n) is 11.8. The molecule has 0 atom stereocenters. The van der Waals surface area contributed by atoms with E-state index >= 15 is 0 Å². The highest BCUT2D eigenvalue weighted by Gasteiger charge is 2.21. The number of aryl methyl sites for hydroxylation is 2. The van der Waals surface area contributed by atoms with Crippen LogP contribution in [-0.4, -0.2) is 9.64 Å². The van der Waals surface area contributed by atoms with Crippen LogP contribution in [0.15, 0.2) is 36.5 Å². The number of aromatic nitrogens is 2. The van der Waals surface area contributed by atoms with Crippen LogP contribution in [0.3, 0.4) is 0 Å². The number of para-hydroxylation sites is 1. The Kier molecular flexibility index (Phi) is 4.03. The molecule has 22 heavy (non-hydrogen) atoms. The molecule has 1 aromatic carbocycles. The molecule has 0 radical (unpaired) electrons. The lowest BCUT2D eigenvalue weighted by atomic mass is 10.1. The molecule has 3 aromatic rings. The molecule has 2 N–H and O–H groups in total. The van der Waals surface area contributed by atoms with Crippen LogP contribution in [0.5, 0.6) is 0 Å². The Morgan fingerprint density at radius 3 is 2.55 bits per heavy atom. The number of nitrogens with zero attached hydrogens (tertiary/aromatic N) is 1. The summed E-state index contributed by atoms with van der Waals surface area (Å²) in [5.41, 5.74) is 4.07. The highest BCUT2D eigenvalue weighted by atomic mass is 35.7. The van der Waals surface area contributed by atoms with E-state index in [1.54, 1.807) is 0 Å². The van der Waals surface area contributed by atoms with Crippen LogP contribution in [0.4, 0.5) is 0 Å². The molecule has 116 valence electrons. The Hall–Kier alpha value is -1.70. The maximum absolute atomic E-state index is 8.60. The van der Waals surface area contributed by atoms with Crippen LogP contribution in [-0.2, 0) is 13.0 Å². The Balaban J connectivity index is 0.000000254. The highest BCUT2D eigenvalue weighted by Crippen LogP contribution is 2.27. The van der Waals surface area contributed by atoms with Gasteiger partial charge in [-0.1, -0.05) is 18.2 Å². The molecule has 1 aliphatic rings. The van der Waals surface area contributed by atoms with Crippen molar-refractivity contribution in [3.05, 3.63) is 42.2 Å². The minimum Gasteiger partial charge on any atom is -0.349 e. The van der Waals surface area contributed by atoms with Gasteiger partial charge < -0.3 is 4.98 Å². The summed E-state index contributed by atoms with van der Waals surface area (Å²) in [7, 11) is -4.69. The van der Waals surface area contributed by atoms with Gasteiger partial charge in [0.25, 0.3) is 0 Å². The fraction of sp³-hybridized carbons (Fsp3) is 0.267. The number of pyridine rings is 1. The van der Waals surface area contributed by atoms with Gasteiger partial charge in [-0.2, -0.15) is 14.0 Å². The molecule has 0 saturated heterocycles. The molecule has 0 bridgehead atoms. The predicted octanol–water partition coefficient (Wildman–Crippen LogP) is -1.18. The summed E-state index contributed by atoms with van der Waals surface area (Å²) in [4.78, 5) is 3.59. The molecule has 6 nitrogen and oxygen atoms in total. The van der Waals surface area contributed by atoms with E-state index in [0.29, 0.717) is 0 Å². The number of nitrogens with one attached hydrogen (secondary N) is 1. The lowest BCUT2D eigenvalue weighted by molar-refractivity contribution is -1.92. The first kappa shape index (κ1) is 15.2. The Labute approximate surface area is 129 Å². The van der Waals surface area contributed by atoms with Gasteiger partial charge in [-0.05, 0) is 12.5 Å². The summed E-state index contributed by atoms with van der Waals surface area (Å²) in [6.45, 7) is 1.17. The minimum atomic E-state index is -4.69. The normalized spacial score (nSPS) is 14.5. The van der Waals surface area contributed by atoms with Crippen molar-refractivity contribution < 1.29 is 33.4 Å². The largest absolute Gasteiger partial charge is 0.349 e. The van der Waals surface area contributed by atoms with Crippen molar-refractivity contribution in [2.24, 2.45) is 0 Å². The molecule has 0 saturated carbocycles. The van der Waals surface area contributed by atoms with Crippen LogP contribution in [0.2, 0.25) is 0 Å². The number of aromatic amines is 1. The summed E-state index contributed by atoms with van der Waals surface area (Å²) < 4.78 is 35.1. The van der Waals surface area contributed by atoms with Crippen LogP contribution in [0.1, 0.15) is 18.5 Å². The fourth-order valence-corrected chi connectivity index (χ4v) is 3.02. The molecule has 0 amide bonds. The molecule has 1 aliphatic heterocycles. The monoisotopic (exact) mass is 323 g/mol. The number of benzene rings is 1. The zero-order chi connectivity index (χ0) is 15.7. The van der Waals surface area contributed by atoms with Crippen molar-refractivity contribution in [2.75, 3.05) is 0 Å². The predicted molar refractivity (Wildman–Crippen MR) is 71.2 cm³/mol. The van der Waals surface area contributed by atoms with Gasteiger partial charge in [0, 0.05) is 35.2 Å². The molecular weight excluding hydrogens is 308 g/mol.